The highest BCUT2D eigenvalue weighted by Crippen LogP contribution is 2.30. The van der Waals surface area contributed by atoms with Crippen LogP contribution in [0.2, 0.25) is 0 Å². The third-order valence-corrected chi connectivity index (χ3v) is 25.1. The van der Waals surface area contributed by atoms with Crippen molar-refractivity contribution in [2.24, 2.45) is 23.1 Å². The van der Waals surface area contributed by atoms with Crippen molar-refractivity contribution in [2.75, 3.05) is 77.4 Å². The summed E-state index contributed by atoms with van der Waals surface area (Å²) >= 11 is 3.47. The number of aliphatic hydroxyl groups excluding tert-OH is 2. The molecule has 42 heteroatoms. The maximum atomic E-state index is 15.6. The van der Waals surface area contributed by atoms with Crippen LogP contribution in [0.25, 0.3) is 21.0 Å². The molecule has 3 fully saturated rings. The molecule has 0 spiro atoms. The van der Waals surface area contributed by atoms with Gasteiger partial charge in [0.05, 0.1) is 31.4 Å². The highest BCUT2D eigenvalue weighted by Gasteiger charge is 2.46. The lowest BCUT2D eigenvalue weighted by Gasteiger charge is -2.36. The third kappa shape index (κ3) is 27.0. The van der Waals surface area contributed by atoms with Crippen LogP contribution in [-0.2, 0) is 101 Å². The van der Waals surface area contributed by atoms with E-state index in [0.717, 1.165) is 46.3 Å². The fourth-order valence-electron chi connectivity index (χ4n) is 15.3. The van der Waals surface area contributed by atoms with E-state index < -0.39 is 235 Å². The Kier molecular flexibility index (Phi) is 37.4. The number of phenols is 1. The zero-order valence-electron chi connectivity index (χ0n) is 71.9. The molecule has 3 aliphatic heterocycles. The molecule has 3 saturated heterocycles. The Balaban J connectivity index is 1.16. The number of H-pyrrole nitrogens is 1. The summed E-state index contributed by atoms with van der Waals surface area (Å²) in [5.41, 5.74) is 19.3. The molecule has 5 heterocycles. The second-order valence-corrected chi connectivity index (χ2v) is 35.1. The molecule has 0 radical (unpaired) electrons. The number of fused-ring (bicyclic) bond motifs is 4. The van der Waals surface area contributed by atoms with E-state index in [0.29, 0.717) is 40.4 Å². The number of carbonyl (C=O) groups is 17. The van der Waals surface area contributed by atoms with E-state index in [1.165, 1.54) is 82.4 Å². The Hall–Kier alpha value is -11.5. The Morgan fingerprint density at radius 3 is 1.87 bits per heavy atom. The van der Waals surface area contributed by atoms with Crippen LogP contribution >= 0.6 is 34.9 Å². The van der Waals surface area contributed by atoms with Crippen LogP contribution in [0.5, 0.6) is 5.75 Å². The Morgan fingerprint density at radius 1 is 0.603 bits per heavy atom. The van der Waals surface area contributed by atoms with Gasteiger partial charge in [0.1, 0.15) is 90.3 Å². The number of likely N-dealkylation sites (N-methyl/N-ethyl adjacent to an activating group) is 3. The molecule has 5 aromatic rings. The van der Waals surface area contributed by atoms with Crippen LogP contribution in [0, 0.1) is 5.92 Å². The molecule has 1 unspecified atom stereocenters. The molecular formula is C84H117N19O20S3. The Bertz CT molecular complexity index is 4760. The number of unbranched alkanes of at least 4 members (excludes halogenated alkanes) is 1. The first kappa shape index (κ1) is 99.9. The lowest BCUT2D eigenvalue weighted by atomic mass is 10.0. The van der Waals surface area contributed by atoms with Crippen LogP contribution in [0.15, 0.2) is 84.4 Å². The zero-order chi connectivity index (χ0) is 92.5. The van der Waals surface area contributed by atoms with Crippen LogP contribution < -0.4 is 70.4 Å². The summed E-state index contributed by atoms with van der Waals surface area (Å²) in [7, 11) is 3.92. The van der Waals surface area contributed by atoms with Gasteiger partial charge in [-0.1, -0.05) is 82.1 Å². The lowest BCUT2D eigenvalue weighted by Crippen LogP contribution is -2.62. The highest BCUT2D eigenvalue weighted by atomic mass is 32.2. The number of thiophene rings is 1. The first-order valence-corrected chi connectivity index (χ1v) is 45.1. The van der Waals surface area contributed by atoms with Crippen molar-refractivity contribution < 1.29 is 96.8 Å². The first-order valence-electron chi connectivity index (χ1n) is 41.7. The Morgan fingerprint density at radius 2 is 1.20 bits per heavy atom. The monoisotopic (exact) mass is 1810 g/mol. The second kappa shape index (κ2) is 47.2. The van der Waals surface area contributed by atoms with Crippen molar-refractivity contribution in [3.8, 4) is 5.75 Å². The molecular weight excluding hydrogens is 1690 g/mol. The van der Waals surface area contributed by atoms with Crippen LogP contribution in [0.1, 0.15) is 109 Å². The van der Waals surface area contributed by atoms with Crippen molar-refractivity contribution in [2.45, 2.75) is 202 Å². The molecule has 0 saturated carbocycles. The smallest absolute Gasteiger partial charge is 0.246 e. The van der Waals surface area contributed by atoms with Gasteiger partial charge in [0.25, 0.3) is 0 Å². The van der Waals surface area contributed by atoms with Gasteiger partial charge in [-0.3, -0.25) is 81.5 Å². The summed E-state index contributed by atoms with van der Waals surface area (Å²) in [5.74, 6) is -17.0. The molecule has 686 valence electrons. The minimum absolute atomic E-state index is 0.00363. The molecule has 20 N–H and O–H groups in total. The zero-order valence-corrected chi connectivity index (χ0v) is 74.4. The number of benzene rings is 3. The van der Waals surface area contributed by atoms with Crippen molar-refractivity contribution in [1.29, 1.82) is 0 Å². The number of hydrogen-bond donors (Lipinski definition) is 17. The highest BCUT2D eigenvalue weighted by molar-refractivity contribution is 8.00. The fourth-order valence-corrected chi connectivity index (χ4v) is 17.5. The van der Waals surface area contributed by atoms with Gasteiger partial charge in [-0.15, -0.1) is 23.1 Å². The lowest BCUT2D eigenvalue weighted by molar-refractivity contribution is -0.149. The van der Waals surface area contributed by atoms with Crippen molar-refractivity contribution in [3.63, 3.8) is 0 Å². The van der Waals surface area contributed by atoms with Gasteiger partial charge < -0.3 is 115 Å². The average Bonchev–Trinajstić information content (AvgIpc) is 1.71. The summed E-state index contributed by atoms with van der Waals surface area (Å²) in [6, 6.07) is -1.55. The number of nitrogens with one attached hydrogen (secondary N) is 11. The predicted molar refractivity (Wildman–Crippen MR) is 470 cm³/mol. The minimum atomic E-state index is -1.86. The summed E-state index contributed by atoms with van der Waals surface area (Å²) < 4.78 is 0.823. The molecule has 0 aliphatic carbocycles. The van der Waals surface area contributed by atoms with Gasteiger partial charge in [0.15, 0.2) is 0 Å². The summed E-state index contributed by atoms with van der Waals surface area (Å²) in [4.78, 5) is 254. The summed E-state index contributed by atoms with van der Waals surface area (Å²) in [5, 5.41) is 61.7. The van der Waals surface area contributed by atoms with Crippen LogP contribution in [0.4, 0.5) is 0 Å². The largest absolute Gasteiger partial charge is 0.508 e. The number of amides is 17. The van der Waals surface area contributed by atoms with Gasteiger partial charge in [0.2, 0.25) is 100 Å². The topological polar surface area (TPSA) is 581 Å². The molecule has 2 aromatic heterocycles. The molecule has 3 aliphatic rings. The Labute approximate surface area is 741 Å². The number of hydrogen-bond acceptors (Lipinski definition) is 24. The molecule has 126 heavy (non-hydrogen) atoms. The van der Waals surface area contributed by atoms with Crippen molar-refractivity contribution >= 4 is 156 Å². The second-order valence-electron chi connectivity index (χ2n) is 32.2. The number of rotatable bonds is 21. The standard InChI is InChI=1S/C84H117N19O20S3/c1-10-11-20-65-84(123)100(7)63(27-29-124-9)77(116)90-45(4)71(110)98-62(73(112)89-38-69(87)108)42-125-43-70(109)91-57(31-47-23-25-50(105)26-24-47)80(119)99(6)46(5)72(111)93-59(35-68(86)107)82(121)102-28-16-21-64(102)78(117)96-60(36-85)75(114)94-56(30-44(2)3)83(122)103-39-51(106)34-66(103)79(118)92-55(32-48-37-88-54-19-14-12-17-52(48)54)74(113)97-61(40-104)76(115)95-58(81(120)101(65)8)33-49-41-126-67-22-15-13-18-53(49)67/h12-15,17-19,22-26,37,41,44-46,51,55-66,88,104-106H,10-11,16,20-21,27-36,38-40,42-43,85H2,1-9H3,(H2,86,107)(H2,87,108)(H,89,112)(H,90,116)(H,91,109)(H,92,118)(H,93,111)(H,94,114)(H,95,115)(H,96,117)(H,97,113)(H,98,110)/t45-,46-,51+,55-,56-,57-,58-,59-,60-,61-,62?,63-,64-,65-,66-/m0/s1. The van der Waals surface area contributed by atoms with Crippen molar-refractivity contribution in [1.82, 2.24) is 82.7 Å². The van der Waals surface area contributed by atoms with E-state index >= 15 is 28.8 Å². The number of aliphatic hydroxyl groups is 2. The van der Waals surface area contributed by atoms with Gasteiger partial charge in [0, 0.05) is 94.0 Å². The quantitative estimate of drug-likeness (QED) is 0.0351. The number of nitrogens with zero attached hydrogens (tertiary/aromatic N) is 5. The number of aromatic hydroxyl groups is 1. The van der Waals surface area contributed by atoms with E-state index in [-0.39, 0.29) is 81.8 Å². The minimum Gasteiger partial charge on any atom is -0.508 e. The van der Waals surface area contributed by atoms with Crippen LogP contribution in [-0.4, -0.2) is 313 Å². The number of nitrogens with two attached hydrogens (primary N) is 3. The SMILES string of the molecule is CCCC[C@H]1C(=O)N(C)[C@@H](CCSC)C(=O)N[C@@H](C)C(=O)NC(C(=O)NCC(N)=O)CSCC(=O)N[C@@H](Cc2ccc(O)cc2)C(=O)N(C)[C@@H](C)C(=O)N[C@@H](CC(N)=O)C(=O)N2CCC[C@H]2C(=O)N[C@@H](CN)C(=O)N[C@@H](CC(C)C)C(=O)N2C[C@H](O)C[C@H]2C(=O)N[C@@H](Cc2c[nH]c3ccccc23)C(=O)N[C@@H](CO)C(=O)N[C@@H](Cc2csc3ccccc23)C(=O)N1C. The van der Waals surface area contributed by atoms with E-state index in [2.05, 4.69) is 58.2 Å². The molecule has 39 nitrogen and oxygen atoms in total. The molecule has 17 amide bonds. The summed E-state index contributed by atoms with van der Waals surface area (Å²) in [6.45, 7) is 4.98. The third-order valence-electron chi connectivity index (χ3n) is 22.4. The van der Waals surface area contributed by atoms with Crippen LogP contribution in [0.3, 0.4) is 0 Å². The maximum absolute atomic E-state index is 15.6. The van der Waals surface area contributed by atoms with Crippen molar-refractivity contribution in [3.05, 3.63) is 101 Å². The van der Waals surface area contributed by atoms with Gasteiger partial charge >= 0.3 is 0 Å². The van der Waals surface area contributed by atoms with Gasteiger partial charge in [-0.2, -0.15) is 11.8 Å². The number of para-hydroxylation sites is 1. The van der Waals surface area contributed by atoms with E-state index in [1.54, 1.807) is 62.0 Å². The average molecular weight is 1810 g/mol. The molecule has 15 atom stereocenters. The number of aromatic nitrogens is 1. The molecule has 0 bridgehead atoms. The summed E-state index contributed by atoms with van der Waals surface area (Å²) in [6.07, 6.45) is 1.07. The number of thioether (sulfide) groups is 2. The predicted octanol–water partition coefficient (Wildman–Crippen LogP) is -2.88. The number of phenolic OH excluding ortho intramolecular Hbond substituents is 1. The maximum Gasteiger partial charge on any atom is 0.246 e. The first-order chi connectivity index (χ1) is 59.9. The number of carbonyl (C=O) groups excluding carboxylic acids is 17. The van der Waals surface area contributed by atoms with E-state index in [1.807, 2.05) is 25.1 Å². The normalized spacial score (nSPS) is 25.8. The number of primary amides is 2. The van der Waals surface area contributed by atoms with Gasteiger partial charge in [-0.25, -0.2) is 0 Å². The van der Waals surface area contributed by atoms with E-state index in [9.17, 15) is 68.1 Å². The fraction of sp³-hybridized carbons (Fsp3) is 0.536. The van der Waals surface area contributed by atoms with E-state index in [4.69, 9.17) is 17.2 Å². The van der Waals surface area contributed by atoms with Gasteiger partial charge in [-0.05, 0) is 116 Å². The molecule has 8 rings (SSSR count). The molecule has 3 aromatic carbocycles. The number of aromatic amines is 1.